The minimum Gasteiger partial charge on any atom is -0.377 e. The van der Waals surface area contributed by atoms with Crippen molar-refractivity contribution in [3.05, 3.63) is 0 Å². The molecule has 0 aromatic rings. The van der Waals surface area contributed by atoms with Gasteiger partial charge in [0.05, 0.1) is 12.7 Å². The molecule has 1 rings (SSSR count). The molecule has 2 atom stereocenters. The fourth-order valence-corrected chi connectivity index (χ4v) is 3.21. The second-order valence-electron chi connectivity index (χ2n) is 4.46. The van der Waals surface area contributed by atoms with Crippen LogP contribution < -0.4 is 5.32 Å². The van der Waals surface area contributed by atoms with E-state index in [1.807, 2.05) is 0 Å². The highest BCUT2D eigenvalue weighted by Crippen LogP contribution is 2.29. The number of thioether (sulfide) groups is 1. The summed E-state index contributed by atoms with van der Waals surface area (Å²) in [6.07, 6.45) is 4.44. The molecule has 1 saturated carbocycles. The lowest BCUT2D eigenvalue weighted by molar-refractivity contribution is 0.0794. The van der Waals surface area contributed by atoms with Gasteiger partial charge in [-0.1, -0.05) is 6.92 Å². The van der Waals surface area contributed by atoms with Crippen molar-refractivity contribution >= 4 is 11.8 Å². The molecule has 2 unspecified atom stereocenters. The van der Waals surface area contributed by atoms with Crippen molar-refractivity contribution in [1.29, 1.82) is 0 Å². The largest absolute Gasteiger partial charge is 0.377 e. The first-order valence-electron chi connectivity index (χ1n) is 6.19. The Bertz CT molecular complexity index is 164. The van der Waals surface area contributed by atoms with Gasteiger partial charge in [0.25, 0.3) is 0 Å². The van der Waals surface area contributed by atoms with Crippen molar-refractivity contribution in [3.63, 3.8) is 0 Å². The monoisotopic (exact) mass is 231 g/mol. The van der Waals surface area contributed by atoms with Crippen LogP contribution in [0.4, 0.5) is 0 Å². The predicted molar refractivity (Wildman–Crippen MR) is 68.6 cm³/mol. The molecule has 2 nitrogen and oxygen atoms in total. The molecule has 0 aromatic heterocycles. The van der Waals surface area contributed by atoms with E-state index in [1.165, 1.54) is 25.0 Å². The third-order valence-electron chi connectivity index (χ3n) is 2.77. The summed E-state index contributed by atoms with van der Waals surface area (Å²) in [5.74, 6) is 1.26. The van der Waals surface area contributed by atoms with E-state index in [0.29, 0.717) is 6.10 Å². The Balaban J connectivity index is 1.99. The highest BCUT2D eigenvalue weighted by atomic mass is 32.2. The van der Waals surface area contributed by atoms with Gasteiger partial charge in [-0.15, -0.1) is 0 Å². The summed E-state index contributed by atoms with van der Waals surface area (Å²) in [5, 5.41) is 4.49. The van der Waals surface area contributed by atoms with E-state index in [9.17, 15) is 0 Å². The summed E-state index contributed by atoms with van der Waals surface area (Å²) in [5.41, 5.74) is 0. The third-order valence-corrected chi connectivity index (χ3v) is 4.01. The summed E-state index contributed by atoms with van der Waals surface area (Å²) in [4.78, 5) is 0. The maximum atomic E-state index is 5.51. The van der Waals surface area contributed by atoms with Crippen molar-refractivity contribution in [2.45, 2.75) is 57.4 Å². The van der Waals surface area contributed by atoms with Gasteiger partial charge in [-0.25, -0.2) is 0 Å². The summed E-state index contributed by atoms with van der Waals surface area (Å²) in [7, 11) is 0. The van der Waals surface area contributed by atoms with Crippen LogP contribution in [0.25, 0.3) is 0 Å². The van der Waals surface area contributed by atoms with Gasteiger partial charge in [-0.2, -0.15) is 11.8 Å². The van der Waals surface area contributed by atoms with Crippen molar-refractivity contribution in [3.8, 4) is 0 Å². The van der Waals surface area contributed by atoms with Gasteiger partial charge < -0.3 is 10.1 Å². The van der Waals surface area contributed by atoms with Gasteiger partial charge in [0, 0.05) is 17.8 Å². The van der Waals surface area contributed by atoms with Crippen LogP contribution in [0.15, 0.2) is 0 Å². The average molecular weight is 231 g/mol. The molecule has 0 aromatic carbocycles. The first-order valence-corrected chi connectivity index (χ1v) is 7.23. The van der Waals surface area contributed by atoms with Gasteiger partial charge in [-0.05, 0) is 38.9 Å². The molecule has 0 aliphatic heterocycles. The van der Waals surface area contributed by atoms with Crippen molar-refractivity contribution in [1.82, 2.24) is 5.32 Å². The second-order valence-corrected chi connectivity index (χ2v) is 6.04. The smallest absolute Gasteiger partial charge is 0.0594 e. The SMILES string of the molecule is CCSC1CCC(NCCOC(C)C)C1. The Morgan fingerprint density at radius 3 is 2.87 bits per heavy atom. The maximum Gasteiger partial charge on any atom is 0.0594 e. The Hall–Kier alpha value is 0.270. The van der Waals surface area contributed by atoms with Crippen molar-refractivity contribution < 1.29 is 4.74 Å². The molecular formula is C12H25NOS. The summed E-state index contributed by atoms with van der Waals surface area (Å²) >= 11 is 2.12. The van der Waals surface area contributed by atoms with Gasteiger partial charge in [-0.3, -0.25) is 0 Å². The van der Waals surface area contributed by atoms with E-state index < -0.39 is 0 Å². The molecule has 0 spiro atoms. The molecule has 0 saturated heterocycles. The second kappa shape index (κ2) is 7.53. The lowest BCUT2D eigenvalue weighted by Crippen LogP contribution is -2.30. The van der Waals surface area contributed by atoms with E-state index in [0.717, 1.165) is 24.4 Å². The van der Waals surface area contributed by atoms with Gasteiger partial charge in [0.2, 0.25) is 0 Å². The number of nitrogens with one attached hydrogen (secondary N) is 1. The number of hydrogen-bond acceptors (Lipinski definition) is 3. The molecule has 1 fully saturated rings. The molecule has 0 heterocycles. The standard InChI is InChI=1S/C12H25NOS/c1-4-15-12-6-5-11(9-12)13-7-8-14-10(2)3/h10-13H,4-9H2,1-3H3. The quantitative estimate of drug-likeness (QED) is 0.681. The van der Waals surface area contributed by atoms with Crippen LogP contribution >= 0.6 is 11.8 Å². The first kappa shape index (κ1) is 13.3. The first-order chi connectivity index (χ1) is 7.22. The fraction of sp³-hybridized carbons (Fsp3) is 1.00. The number of hydrogen-bond donors (Lipinski definition) is 1. The molecule has 0 bridgehead atoms. The molecule has 1 aliphatic carbocycles. The van der Waals surface area contributed by atoms with E-state index in [-0.39, 0.29) is 0 Å². The normalized spacial score (nSPS) is 26.4. The zero-order chi connectivity index (χ0) is 11.1. The van der Waals surface area contributed by atoms with Gasteiger partial charge in [0.1, 0.15) is 0 Å². The van der Waals surface area contributed by atoms with Crippen molar-refractivity contribution in [2.24, 2.45) is 0 Å². The van der Waals surface area contributed by atoms with Gasteiger partial charge >= 0.3 is 0 Å². The summed E-state index contributed by atoms with van der Waals surface area (Å²) < 4.78 is 5.51. The molecular weight excluding hydrogens is 206 g/mol. The molecule has 0 amide bonds. The topological polar surface area (TPSA) is 21.3 Å². The molecule has 15 heavy (non-hydrogen) atoms. The Kier molecular flexibility index (Phi) is 6.69. The van der Waals surface area contributed by atoms with Crippen LogP contribution in [0.1, 0.15) is 40.0 Å². The molecule has 1 N–H and O–H groups in total. The highest BCUT2D eigenvalue weighted by Gasteiger charge is 2.23. The minimum atomic E-state index is 0.360. The number of rotatable bonds is 7. The third kappa shape index (κ3) is 5.79. The van der Waals surface area contributed by atoms with E-state index in [2.05, 4.69) is 37.8 Å². The van der Waals surface area contributed by atoms with Crippen molar-refractivity contribution in [2.75, 3.05) is 18.9 Å². The summed E-state index contributed by atoms with van der Waals surface area (Å²) in [6, 6.07) is 0.741. The summed E-state index contributed by atoms with van der Waals surface area (Å²) in [6.45, 7) is 8.28. The lowest BCUT2D eigenvalue weighted by Gasteiger charge is -2.14. The lowest BCUT2D eigenvalue weighted by atomic mass is 10.2. The molecule has 0 radical (unpaired) electrons. The molecule has 90 valence electrons. The maximum absolute atomic E-state index is 5.51. The Morgan fingerprint density at radius 2 is 2.20 bits per heavy atom. The highest BCUT2D eigenvalue weighted by molar-refractivity contribution is 7.99. The van der Waals surface area contributed by atoms with Crippen LogP contribution in [0, 0.1) is 0 Å². The Morgan fingerprint density at radius 1 is 1.40 bits per heavy atom. The van der Waals surface area contributed by atoms with Crippen LogP contribution in [-0.2, 0) is 4.74 Å². The molecule has 3 heteroatoms. The van der Waals surface area contributed by atoms with E-state index in [1.54, 1.807) is 0 Å². The zero-order valence-corrected chi connectivity index (χ0v) is 11.1. The number of ether oxygens (including phenoxy) is 1. The van der Waals surface area contributed by atoms with E-state index in [4.69, 9.17) is 4.74 Å². The van der Waals surface area contributed by atoms with Crippen LogP contribution in [0.2, 0.25) is 0 Å². The van der Waals surface area contributed by atoms with Gasteiger partial charge in [0.15, 0.2) is 0 Å². The zero-order valence-electron chi connectivity index (χ0n) is 10.3. The molecule has 1 aliphatic rings. The predicted octanol–water partition coefficient (Wildman–Crippen LogP) is 2.68. The fourth-order valence-electron chi connectivity index (χ4n) is 2.07. The van der Waals surface area contributed by atoms with E-state index >= 15 is 0 Å². The van der Waals surface area contributed by atoms with Crippen LogP contribution in [0.5, 0.6) is 0 Å². The van der Waals surface area contributed by atoms with Crippen LogP contribution in [-0.4, -0.2) is 36.3 Å². The Labute approximate surface area is 98.5 Å². The van der Waals surface area contributed by atoms with Crippen LogP contribution in [0.3, 0.4) is 0 Å². The average Bonchev–Trinajstić information content (AvgIpc) is 2.61. The minimum absolute atomic E-state index is 0.360.